The number of rotatable bonds is 4. The molecule has 16 heavy (non-hydrogen) atoms. The molecular formula is C12H21N2O2+. The molecule has 0 amide bonds. The molecule has 0 aliphatic heterocycles. The van der Waals surface area contributed by atoms with Crippen molar-refractivity contribution < 1.29 is 15.1 Å². The van der Waals surface area contributed by atoms with E-state index in [0.29, 0.717) is 13.1 Å². The van der Waals surface area contributed by atoms with E-state index < -0.39 is 0 Å². The third kappa shape index (κ3) is 4.28. The summed E-state index contributed by atoms with van der Waals surface area (Å²) in [6.07, 6.45) is 0. The van der Waals surface area contributed by atoms with Crippen molar-refractivity contribution in [2.75, 3.05) is 21.1 Å². The summed E-state index contributed by atoms with van der Waals surface area (Å²) in [7, 11) is 5.08. The average Bonchev–Trinajstić information content (AvgIpc) is 2.06. The molecule has 0 spiro atoms. The van der Waals surface area contributed by atoms with Gasteiger partial charge in [0.15, 0.2) is 0 Å². The van der Waals surface area contributed by atoms with E-state index in [-0.39, 0.29) is 4.65 Å². The Bertz CT molecular complexity index is 357. The molecule has 4 heteroatoms. The van der Waals surface area contributed by atoms with Gasteiger partial charge in [-0.25, -0.2) is 5.21 Å². The van der Waals surface area contributed by atoms with E-state index >= 15 is 0 Å². The summed E-state index contributed by atoms with van der Waals surface area (Å²) >= 11 is 0. The van der Waals surface area contributed by atoms with Gasteiger partial charge in [0.05, 0.1) is 14.1 Å². The van der Waals surface area contributed by atoms with Gasteiger partial charge in [-0.1, -0.05) is 23.8 Å². The standard InChI is InChI=1S/C12H21N2O2/c1-10-5-6-11(8-13(2)15)12(7-10)9-14(3,4)16/h5-7,15-16H,8-9H2,1-4H3/q+1. The molecule has 4 nitrogen and oxygen atoms in total. The first-order valence-electron chi connectivity index (χ1n) is 5.32. The molecule has 0 radical (unpaired) electrons. The number of hydrogen-bond acceptors (Lipinski definition) is 3. The van der Waals surface area contributed by atoms with Gasteiger partial charge in [0.2, 0.25) is 0 Å². The first-order valence-corrected chi connectivity index (χ1v) is 5.32. The highest BCUT2D eigenvalue weighted by atomic mass is 16.5. The van der Waals surface area contributed by atoms with Gasteiger partial charge in [-0.05, 0) is 12.5 Å². The van der Waals surface area contributed by atoms with Gasteiger partial charge in [-0.15, -0.1) is 0 Å². The Kier molecular flexibility index (Phi) is 4.04. The van der Waals surface area contributed by atoms with Crippen LogP contribution in [0.5, 0.6) is 0 Å². The molecule has 1 rings (SSSR count). The second-order valence-corrected chi connectivity index (χ2v) is 4.87. The summed E-state index contributed by atoms with van der Waals surface area (Å²) in [4.78, 5) is 0. The molecule has 0 heterocycles. The molecule has 0 saturated heterocycles. The molecule has 0 atom stereocenters. The Balaban J connectivity index is 2.98. The third-order valence-electron chi connectivity index (χ3n) is 2.32. The average molecular weight is 225 g/mol. The normalized spacial score (nSPS) is 12.2. The molecule has 2 N–H and O–H groups in total. The fraction of sp³-hybridized carbons (Fsp3) is 0.500. The van der Waals surface area contributed by atoms with Crippen LogP contribution < -0.4 is 0 Å². The van der Waals surface area contributed by atoms with Gasteiger partial charge in [-0.2, -0.15) is 9.71 Å². The van der Waals surface area contributed by atoms with E-state index in [9.17, 15) is 10.4 Å². The molecule has 0 saturated carbocycles. The van der Waals surface area contributed by atoms with Gasteiger partial charge in [0.25, 0.3) is 0 Å². The SMILES string of the molecule is Cc1ccc(CN(C)O)c(C[N+](C)(C)O)c1. The first kappa shape index (κ1) is 13.1. The number of hydroxylamine groups is 5. The summed E-state index contributed by atoms with van der Waals surface area (Å²) in [6.45, 7) is 3.02. The zero-order valence-electron chi connectivity index (χ0n) is 10.4. The van der Waals surface area contributed by atoms with Crippen molar-refractivity contribution in [3.8, 4) is 0 Å². The zero-order valence-corrected chi connectivity index (χ0v) is 10.4. The number of aryl methyl sites for hydroxylation is 1. The smallest absolute Gasteiger partial charge is 0.134 e. The van der Waals surface area contributed by atoms with Gasteiger partial charge < -0.3 is 5.21 Å². The largest absolute Gasteiger partial charge is 0.314 e. The minimum absolute atomic E-state index is 0.106. The molecule has 0 unspecified atom stereocenters. The van der Waals surface area contributed by atoms with Crippen LogP contribution in [0.15, 0.2) is 18.2 Å². The Morgan fingerprint density at radius 2 is 1.88 bits per heavy atom. The maximum absolute atomic E-state index is 9.78. The van der Waals surface area contributed by atoms with Crippen molar-refractivity contribution in [2.24, 2.45) is 0 Å². The van der Waals surface area contributed by atoms with Gasteiger partial charge in [0.1, 0.15) is 6.54 Å². The van der Waals surface area contributed by atoms with E-state index in [1.807, 2.05) is 19.1 Å². The molecule has 0 fully saturated rings. The lowest BCUT2D eigenvalue weighted by atomic mass is 10.0. The molecular weight excluding hydrogens is 204 g/mol. The lowest BCUT2D eigenvalue weighted by molar-refractivity contribution is -1.08. The summed E-state index contributed by atoms with van der Waals surface area (Å²) in [6, 6.07) is 6.06. The van der Waals surface area contributed by atoms with Crippen molar-refractivity contribution >= 4 is 0 Å². The van der Waals surface area contributed by atoms with Crippen LogP contribution in [0.4, 0.5) is 0 Å². The third-order valence-corrected chi connectivity index (χ3v) is 2.32. The Morgan fingerprint density at radius 1 is 1.25 bits per heavy atom. The molecule has 0 aliphatic carbocycles. The molecule has 0 bridgehead atoms. The predicted molar refractivity (Wildman–Crippen MR) is 62.0 cm³/mol. The zero-order chi connectivity index (χ0) is 12.3. The van der Waals surface area contributed by atoms with Crippen molar-refractivity contribution in [3.63, 3.8) is 0 Å². The van der Waals surface area contributed by atoms with Crippen molar-refractivity contribution in [3.05, 3.63) is 34.9 Å². The lowest BCUT2D eigenvalue weighted by Crippen LogP contribution is -2.34. The fourth-order valence-corrected chi connectivity index (χ4v) is 1.72. The molecule has 1 aromatic carbocycles. The number of benzene rings is 1. The van der Waals surface area contributed by atoms with E-state index in [1.54, 1.807) is 21.1 Å². The van der Waals surface area contributed by atoms with Crippen LogP contribution in [0.2, 0.25) is 0 Å². The number of nitrogens with zero attached hydrogens (tertiary/aromatic N) is 2. The van der Waals surface area contributed by atoms with Crippen LogP contribution in [-0.4, -0.2) is 41.3 Å². The minimum atomic E-state index is -0.106. The van der Waals surface area contributed by atoms with Gasteiger partial charge in [0, 0.05) is 19.2 Å². The fourth-order valence-electron chi connectivity index (χ4n) is 1.72. The molecule has 0 aliphatic rings. The summed E-state index contributed by atoms with van der Waals surface area (Å²) in [5.41, 5.74) is 3.26. The van der Waals surface area contributed by atoms with Gasteiger partial charge in [-0.3, -0.25) is 0 Å². The molecule has 0 aromatic heterocycles. The lowest BCUT2D eigenvalue weighted by Gasteiger charge is -2.22. The van der Waals surface area contributed by atoms with Crippen LogP contribution >= 0.6 is 0 Å². The quantitative estimate of drug-likeness (QED) is 0.606. The minimum Gasteiger partial charge on any atom is -0.314 e. The monoisotopic (exact) mass is 225 g/mol. The second kappa shape index (κ2) is 4.93. The van der Waals surface area contributed by atoms with E-state index in [2.05, 4.69) is 6.07 Å². The van der Waals surface area contributed by atoms with Crippen molar-refractivity contribution in [1.29, 1.82) is 0 Å². The Labute approximate surface area is 96.8 Å². The highest BCUT2D eigenvalue weighted by Gasteiger charge is 2.15. The highest BCUT2D eigenvalue weighted by molar-refractivity contribution is 5.30. The van der Waals surface area contributed by atoms with Crippen LogP contribution in [0.3, 0.4) is 0 Å². The van der Waals surface area contributed by atoms with E-state index in [0.717, 1.165) is 21.8 Å². The number of quaternary nitrogens is 1. The van der Waals surface area contributed by atoms with Crippen LogP contribution in [-0.2, 0) is 13.1 Å². The predicted octanol–water partition coefficient (Wildman–Crippen LogP) is 1.78. The second-order valence-electron chi connectivity index (χ2n) is 4.87. The number of hydrogen-bond donors (Lipinski definition) is 2. The van der Waals surface area contributed by atoms with Crippen molar-refractivity contribution in [2.45, 2.75) is 20.0 Å². The van der Waals surface area contributed by atoms with Crippen molar-refractivity contribution in [1.82, 2.24) is 5.06 Å². The Hall–Kier alpha value is -0.940. The van der Waals surface area contributed by atoms with Crippen LogP contribution in [0.25, 0.3) is 0 Å². The summed E-state index contributed by atoms with van der Waals surface area (Å²) < 4.78 is -0.106. The maximum atomic E-state index is 9.78. The van der Waals surface area contributed by atoms with E-state index in [4.69, 9.17) is 0 Å². The highest BCUT2D eigenvalue weighted by Crippen LogP contribution is 2.16. The van der Waals surface area contributed by atoms with Crippen LogP contribution in [0, 0.1) is 6.92 Å². The topological polar surface area (TPSA) is 43.7 Å². The first-order chi connectivity index (χ1) is 7.28. The Morgan fingerprint density at radius 3 is 2.38 bits per heavy atom. The summed E-state index contributed by atoms with van der Waals surface area (Å²) in [5, 5.41) is 20.2. The molecule has 1 aromatic rings. The van der Waals surface area contributed by atoms with E-state index in [1.165, 1.54) is 0 Å². The van der Waals surface area contributed by atoms with Crippen LogP contribution in [0.1, 0.15) is 16.7 Å². The molecule has 90 valence electrons. The maximum Gasteiger partial charge on any atom is 0.134 e. The van der Waals surface area contributed by atoms with Gasteiger partial charge >= 0.3 is 0 Å². The summed E-state index contributed by atoms with van der Waals surface area (Å²) in [5.74, 6) is 0.